The van der Waals surface area contributed by atoms with Crippen molar-refractivity contribution >= 4 is 32.8 Å². The quantitative estimate of drug-likeness (QED) is 0.844. The largest absolute Gasteiger partial charge is 0.397 e. The van der Waals surface area contributed by atoms with Crippen LogP contribution in [0.2, 0.25) is 5.02 Å². The van der Waals surface area contributed by atoms with Gasteiger partial charge in [-0.1, -0.05) is 11.6 Å². The van der Waals surface area contributed by atoms with Crippen molar-refractivity contribution in [3.05, 3.63) is 23.2 Å². The molecule has 0 heterocycles. The molecule has 2 N–H and O–H groups in total. The van der Waals surface area contributed by atoms with Crippen LogP contribution < -0.4 is 10.6 Å². The Bertz CT molecular complexity index is 515. The summed E-state index contributed by atoms with van der Waals surface area (Å²) < 4.78 is 23.5. The van der Waals surface area contributed by atoms with Gasteiger partial charge in [0.1, 0.15) is 0 Å². The SMILES string of the molecule is CC(C)S(=O)(=O)CCN(C)c1cc(Cl)ccc1N. The van der Waals surface area contributed by atoms with Crippen molar-refractivity contribution in [3.8, 4) is 0 Å². The number of nitrogens with zero attached hydrogens (tertiary/aromatic N) is 1. The third-order valence-corrected chi connectivity index (χ3v) is 5.26. The molecular weight excluding hydrogens is 272 g/mol. The van der Waals surface area contributed by atoms with Crippen molar-refractivity contribution in [2.24, 2.45) is 0 Å². The van der Waals surface area contributed by atoms with E-state index in [-0.39, 0.29) is 11.0 Å². The van der Waals surface area contributed by atoms with Gasteiger partial charge in [0.2, 0.25) is 0 Å². The van der Waals surface area contributed by atoms with Gasteiger partial charge < -0.3 is 10.6 Å². The standard InChI is InChI=1S/C12H19ClN2O2S/c1-9(2)18(16,17)7-6-15(3)12-8-10(13)4-5-11(12)14/h4-5,8-9H,6-7,14H2,1-3H3. The van der Waals surface area contributed by atoms with E-state index in [0.29, 0.717) is 17.3 Å². The molecular formula is C12H19ClN2O2S. The van der Waals surface area contributed by atoms with Crippen LogP contribution >= 0.6 is 11.6 Å². The lowest BCUT2D eigenvalue weighted by Gasteiger charge is -2.21. The zero-order chi connectivity index (χ0) is 13.9. The van der Waals surface area contributed by atoms with Crippen LogP contribution in [0.15, 0.2) is 18.2 Å². The Morgan fingerprint density at radius 2 is 2.00 bits per heavy atom. The fourth-order valence-electron chi connectivity index (χ4n) is 1.47. The zero-order valence-electron chi connectivity index (χ0n) is 10.9. The van der Waals surface area contributed by atoms with Gasteiger partial charge in [-0.15, -0.1) is 0 Å². The van der Waals surface area contributed by atoms with Gasteiger partial charge in [0.25, 0.3) is 0 Å². The normalized spacial score (nSPS) is 11.8. The average Bonchev–Trinajstić information content (AvgIpc) is 2.29. The summed E-state index contributed by atoms with van der Waals surface area (Å²) in [6.45, 7) is 3.76. The molecule has 1 aromatic carbocycles. The second-order valence-corrected chi connectivity index (χ2v) is 7.65. The summed E-state index contributed by atoms with van der Waals surface area (Å²) in [4.78, 5) is 1.81. The highest BCUT2D eigenvalue weighted by atomic mass is 35.5. The minimum atomic E-state index is -3.04. The van der Waals surface area contributed by atoms with Crippen molar-refractivity contribution in [1.29, 1.82) is 0 Å². The number of benzene rings is 1. The summed E-state index contributed by atoms with van der Waals surface area (Å²) in [5, 5.41) is 0.223. The van der Waals surface area contributed by atoms with E-state index in [1.165, 1.54) is 0 Å². The summed E-state index contributed by atoms with van der Waals surface area (Å²) in [5.74, 6) is 0.104. The highest BCUT2D eigenvalue weighted by Gasteiger charge is 2.17. The van der Waals surface area contributed by atoms with Crippen molar-refractivity contribution in [2.45, 2.75) is 19.1 Å². The van der Waals surface area contributed by atoms with E-state index in [2.05, 4.69) is 0 Å². The van der Waals surface area contributed by atoms with Gasteiger partial charge in [-0.05, 0) is 32.0 Å². The molecule has 0 unspecified atom stereocenters. The van der Waals surface area contributed by atoms with Gasteiger partial charge in [-0.2, -0.15) is 0 Å². The first-order valence-corrected chi connectivity index (χ1v) is 7.81. The summed E-state index contributed by atoms with van der Waals surface area (Å²) in [7, 11) is -1.24. The first kappa shape index (κ1) is 15.1. The predicted molar refractivity (Wildman–Crippen MR) is 78.1 cm³/mol. The first-order valence-electron chi connectivity index (χ1n) is 5.72. The third kappa shape index (κ3) is 3.78. The molecule has 0 fully saturated rings. The molecule has 0 bridgehead atoms. The van der Waals surface area contributed by atoms with Crippen molar-refractivity contribution in [1.82, 2.24) is 0 Å². The zero-order valence-corrected chi connectivity index (χ0v) is 12.4. The summed E-state index contributed by atoms with van der Waals surface area (Å²) >= 11 is 5.90. The van der Waals surface area contributed by atoms with Gasteiger partial charge in [0.15, 0.2) is 9.84 Å². The number of hydrogen-bond acceptors (Lipinski definition) is 4. The Morgan fingerprint density at radius 3 is 2.56 bits per heavy atom. The Kier molecular flexibility index (Phi) is 4.87. The van der Waals surface area contributed by atoms with Crippen molar-refractivity contribution in [2.75, 3.05) is 30.0 Å². The van der Waals surface area contributed by atoms with Crippen LogP contribution in [0.5, 0.6) is 0 Å². The Labute approximate surface area is 114 Å². The highest BCUT2D eigenvalue weighted by Crippen LogP contribution is 2.25. The second kappa shape index (κ2) is 5.80. The maximum absolute atomic E-state index is 11.7. The predicted octanol–water partition coefficient (Wildman–Crippen LogP) is 2.18. The number of rotatable bonds is 5. The lowest BCUT2D eigenvalue weighted by atomic mass is 10.2. The molecule has 6 heteroatoms. The van der Waals surface area contributed by atoms with E-state index in [4.69, 9.17) is 17.3 Å². The average molecular weight is 291 g/mol. The Balaban J connectivity index is 2.78. The third-order valence-electron chi connectivity index (χ3n) is 2.83. The number of anilines is 2. The van der Waals surface area contributed by atoms with Crippen LogP contribution in [0.1, 0.15) is 13.8 Å². The Hall–Kier alpha value is -0.940. The lowest BCUT2D eigenvalue weighted by molar-refractivity contribution is 0.586. The topological polar surface area (TPSA) is 63.4 Å². The number of nitrogen functional groups attached to an aromatic ring is 1. The van der Waals surface area contributed by atoms with E-state index in [9.17, 15) is 8.42 Å². The van der Waals surface area contributed by atoms with Gasteiger partial charge in [0.05, 0.1) is 22.4 Å². The monoisotopic (exact) mass is 290 g/mol. The van der Waals surface area contributed by atoms with Gasteiger partial charge in [0, 0.05) is 18.6 Å². The Morgan fingerprint density at radius 1 is 1.39 bits per heavy atom. The van der Waals surface area contributed by atoms with Gasteiger partial charge >= 0.3 is 0 Å². The highest BCUT2D eigenvalue weighted by molar-refractivity contribution is 7.92. The molecule has 0 aliphatic heterocycles. The molecule has 0 amide bonds. The fourth-order valence-corrected chi connectivity index (χ4v) is 2.63. The molecule has 0 radical (unpaired) electrons. The van der Waals surface area contributed by atoms with E-state index in [1.54, 1.807) is 44.0 Å². The van der Waals surface area contributed by atoms with Crippen LogP contribution in [0.4, 0.5) is 11.4 Å². The summed E-state index contributed by atoms with van der Waals surface area (Å²) in [6, 6.07) is 5.16. The van der Waals surface area contributed by atoms with Crippen LogP contribution in [-0.2, 0) is 9.84 Å². The second-order valence-electron chi connectivity index (χ2n) is 4.54. The summed E-state index contributed by atoms with van der Waals surface area (Å²) in [5.41, 5.74) is 7.18. The maximum Gasteiger partial charge on any atom is 0.154 e. The maximum atomic E-state index is 11.7. The molecule has 102 valence electrons. The van der Waals surface area contributed by atoms with E-state index >= 15 is 0 Å². The lowest BCUT2D eigenvalue weighted by Crippen LogP contribution is -2.29. The van der Waals surface area contributed by atoms with Crippen molar-refractivity contribution in [3.63, 3.8) is 0 Å². The van der Waals surface area contributed by atoms with E-state index in [0.717, 1.165) is 5.69 Å². The van der Waals surface area contributed by atoms with E-state index in [1.807, 2.05) is 0 Å². The fraction of sp³-hybridized carbons (Fsp3) is 0.500. The molecule has 1 aromatic rings. The minimum Gasteiger partial charge on any atom is -0.397 e. The number of hydrogen-bond donors (Lipinski definition) is 1. The number of sulfone groups is 1. The van der Waals surface area contributed by atoms with Crippen LogP contribution in [0, 0.1) is 0 Å². The molecule has 0 saturated carbocycles. The molecule has 0 aromatic heterocycles. The molecule has 0 aliphatic rings. The molecule has 0 saturated heterocycles. The molecule has 4 nitrogen and oxygen atoms in total. The molecule has 0 spiro atoms. The molecule has 1 rings (SSSR count). The van der Waals surface area contributed by atoms with Crippen LogP contribution in [0.3, 0.4) is 0 Å². The molecule has 0 atom stereocenters. The summed E-state index contributed by atoms with van der Waals surface area (Å²) in [6.07, 6.45) is 0. The van der Waals surface area contributed by atoms with Gasteiger partial charge in [-0.25, -0.2) is 8.42 Å². The van der Waals surface area contributed by atoms with Crippen LogP contribution in [-0.4, -0.2) is 33.0 Å². The first-order chi connectivity index (χ1) is 8.24. The minimum absolute atomic E-state index is 0.104. The molecule has 18 heavy (non-hydrogen) atoms. The van der Waals surface area contributed by atoms with Crippen molar-refractivity contribution < 1.29 is 8.42 Å². The van der Waals surface area contributed by atoms with E-state index < -0.39 is 9.84 Å². The number of halogens is 1. The molecule has 0 aliphatic carbocycles. The van der Waals surface area contributed by atoms with Crippen LogP contribution in [0.25, 0.3) is 0 Å². The smallest absolute Gasteiger partial charge is 0.154 e. The number of nitrogens with two attached hydrogens (primary N) is 1. The van der Waals surface area contributed by atoms with Gasteiger partial charge in [-0.3, -0.25) is 0 Å².